The number of hydrogen-bond donors (Lipinski definition) is 0. The monoisotopic (exact) mass is 194 g/mol. The molecule has 0 aromatic carbocycles. The molecule has 2 saturated carbocycles. The molecular weight excluding hydrogens is 172 g/mol. The van der Waals surface area contributed by atoms with E-state index in [-0.39, 0.29) is 16.2 Å². The second kappa shape index (κ2) is 2.43. The first-order valence-electron chi connectivity index (χ1n) is 5.77. The summed E-state index contributed by atoms with van der Waals surface area (Å²) in [6, 6.07) is 0. The summed E-state index contributed by atoms with van der Waals surface area (Å²) >= 11 is 0. The smallest absolute Gasteiger partial charge is 0.140 e. The third-order valence-electron chi connectivity index (χ3n) is 5.18. The SMILES string of the molecule is CC(C)(C)[C@@]12CC[C@@H](CC1=O)C2(C)C. The van der Waals surface area contributed by atoms with Gasteiger partial charge in [0.05, 0.1) is 0 Å². The minimum Gasteiger partial charge on any atom is -0.299 e. The fraction of sp³-hybridized carbons (Fsp3) is 0.923. The summed E-state index contributed by atoms with van der Waals surface area (Å²) in [4.78, 5) is 12.2. The molecule has 1 nitrogen and oxygen atoms in total. The Morgan fingerprint density at radius 3 is 2.07 bits per heavy atom. The zero-order valence-electron chi connectivity index (χ0n) is 10.1. The third-order valence-corrected chi connectivity index (χ3v) is 5.18. The van der Waals surface area contributed by atoms with Gasteiger partial charge in [-0.05, 0) is 29.6 Å². The van der Waals surface area contributed by atoms with Crippen molar-refractivity contribution in [2.45, 2.75) is 53.9 Å². The number of fused-ring (bicyclic) bond motifs is 2. The van der Waals surface area contributed by atoms with Gasteiger partial charge >= 0.3 is 0 Å². The van der Waals surface area contributed by atoms with Gasteiger partial charge in [0, 0.05) is 11.8 Å². The Balaban J connectivity index is 2.56. The summed E-state index contributed by atoms with van der Waals surface area (Å²) in [5, 5.41) is 0. The molecule has 0 N–H and O–H groups in total. The zero-order valence-corrected chi connectivity index (χ0v) is 10.1. The number of rotatable bonds is 0. The highest BCUT2D eigenvalue weighted by Crippen LogP contribution is 2.69. The molecule has 14 heavy (non-hydrogen) atoms. The van der Waals surface area contributed by atoms with Gasteiger partial charge in [-0.25, -0.2) is 0 Å². The fourth-order valence-corrected chi connectivity index (χ4v) is 4.44. The maximum atomic E-state index is 12.2. The van der Waals surface area contributed by atoms with Gasteiger partial charge in [-0.1, -0.05) is 34.6 Å². The lowest BCUT2D eigenvalue weighted by Crippen LogP contribution is -2.46. The maximum Gasteiger partial charge on any atom is 0.140 e. The maximum absolute atomic E-state index is 12.2. The summed E-state index contributed by atoms with van der Waals surface area (Å²) in [7, 11) is 0. The Labute approximate surface area is 87.3 Å². The average Bonchev–Trinajstić information content (AvgIpc) is 2.34. The fourth-order valence-electron chi connectivity index (χ4n) is 4.44. The molecule has 2 aliphatic carbocycles. The molecule has 80 valence electrons. The van der Waals surface area contributed by atoms with E-state index in [9.17, 15) is 4.79 Å². The quantitative estimate of drug-likeness (QED) is 0.577. The van der Waals surface area contributed by atoms with Crippen LogP contribution in [-0.2, 0) is 4.79 Å². The van der Waals surface area contributed by atoms with E-state index in [4.69, 9.17) is 0 Å². The second-order valence-corrected chi connectivity index (χ2v) is 6.74. The predicted octanol–water partition coefficient (Wildman–Crippen LogP) is 3.43. The van der Waals surface area contributed by atoms with Crippen molar-refractivity contribution in [2.24, 2.45) is 22.2 Å². The van der Waals surface area contributed by atoms with Crippen LogP contribution >= 0.6 is 0 Å². The summed E-state index contributed by atoms with van der Waals surface area (Å²) in [6.45, 7) is 11.3. The molecule has 1 heteroatoms. The van der Waals surface area contributed by atoms with Crippen molar-refractivity contribution in [3.05, 3.63) is 0 Å². The molecule has 0 aromatic heterocycles. The van der Waals surface area contributed by atoms with Crippen LogP contribution in [-0.4, -0.2) is 5.78 Å². The van der Waals surface area contributed by atoms with Crippen LogP contribution in [0.2, 0.25) is 0 Å². The van der Waals surface area contributed by atoms with Gasteiger partial charge < -0.3 is 0 Å². The van der Waals surface area contributed by atoms with Crippen molar-refractivity contribution in [2.75, 3.05) is 0 Å². The van der Waals surface area contributed by atoms with Crippen molar-refractivity contribution in [3.8, 4) is 0 Å². The summed E-state index contributed by atoms with van der Waals surface area (Å²) in [5.41, 5.74) is 0.311. The highest BCUT2D eigenvalue weighted by atomic mass is 16.1. The van der Waals surface area contributed by atoms with Crippen molar-refractivity contribution in [1.29, 1.82) is 0 Å². The molecular formula is C13H22O. The molecule has 2 rings (SSSR count). The molecule has 0 amide bonds. The number of carbonyl (C=O) groups excluding carboxylic acids is 1. The summed E-state index contributed by atoms with van der Waals surface area (Å²) < 4.78 is 0. The average molecular weight is 194 g/mol. The van der Waals surface area contributed by atoms with E-state index in [0.717, 1.165) is 12.8 Å². The Morgan fingerprint density at radius 1 is 1.29 bits per heavy atom. The van der Waals surface area contributed by atoms with E-state index in [1.807, 2.05) is 0 Å². The van der Waals surface area contributed by atoms with Crippen LogP contribution in [0, 0.1) is 22.2 Å². The van der Waals surface area contributed by atoms with E-state index in [1.165, 1.54) is 6.42 Å². The Morgan fingerprint density at radius 2 is 1.86 bits per heavy atom. The van der Waals surface area contributed by atoms with E-state index in [0.29, 0.717) is 11.7 Å². The number of Topliss-reactive ketones (excluding diaryl/α,β-unsaturated/α-hetero) is 1. The topological polar surface area (TPSA) is 17.1 Å². The largest absolute Gasteiger partial charge is 0.299 e. The highest BCUT2D eigenvalue weighted by molar-refractivity contribution is 5.90. The molecule has 2 fully saturated rings. The Hall–Kier alpha value is -0.330. The third kappa shape index (κ3) is 0.844. The van der Waals surface area contributed by atoms with E-state index in [2.05, 4.69) is 34.6 Å². The first kappa shape index (κ1) is 10.2. The highest BCUT2D eigenvalue weighted by Gasteiger charge is 2.68. The van der Waals surface area contributed by atoms with Crippen LogP contribution in [0.4, 0.5) is 0 Å². The van der Waals surface area contributed by atoms with Crippen molar-refractivity contribution in [3.63, 3.8) is 0 Å². The lowest BCUT2D eigenvalue weighted by atomic mass is 9.55. The molecule has 0 aromatic rings. The Kier molecular flexibility index (Phi) is 1.77. The Bertz CT molecular complexity index is 282. The normalized spacial score (nSPS) is 40.6. The minimum atomic E-state index is -0.0370. The lowest BCUT2D eigenvalue weighted by molar-refractivity contribution is -0.137. The molecule has 0 unspecified atom stereocenters. The van der Waals surface area contributed by atoms with Gasteiger partial charge in [-0.2, -0.15) is 0 Å². The molecule has 0 aliphatic heterocycles. The van der Waals surface area contributed by atoms with Gasteiger partial charge in [-0.3, -0.25) is 4.79 Å². The second-order valence-electron chi connectivity index (χ2n) is 6.74. The van der Waals surface area contributed by atoms with Gasteiger partial charge in [0.25, 0.3) is 0 Å². The first-order valence-corrected chi connectivity index (χ1v) is 5.77. The lowest BCUT2D eigenvalue weighted by Gasteiger charge is -2.47. The van der Waals surface area contributed by atoms with Gasteiger partial charge in [0.1, 0.15) is 5.78 Å². The number of carbonyl (C=O) groups is 1. The van der Waals surface area contributed by atoms with Crippen molar-refractivity contribution >= 4 is 5.78 Å². The predicted molar refractivity (Wildman–Crippen MR) is 58.0 cm³/mol. The van der Waals surface area contributed by atoms with Crippen molar-refractivity contribution < 1.29 is 4.79 Å². The summed E-state index contributed by atoms with van der Waals surface area (Å²) in [5.74, 6) is 1.18. The zero-order chi connectivity index (χ0) is 10.8. The molecule has 0 heterocycles. The van der Waals surface area contributed by atoms with Gasteiger partial charge in [-0.15, -0.1) is 0 Å². The minimum absolute atomic E-state index is 0.0370. The number of hydrogen-bond acceptors (Lipinski definition) is 1. The van der Waals surface area contributed by atoms with Crippen LogP contribution in [0.1, 0.15) is 53.9 Å². The van der Waals surface area contributed by atoms with E-state index < -0.39 is 0 Å². The van der Waals surface area contributed by atoms with Crippen LogP contribution in [0.3, 0.4) is 0 Å². The van der Waals surface area contributed by atoms with Crippen LogP contribution in [0.5, 0.6) is 0 Å². The molecule has 2 aliphatic rings. The van der Waals surface area contributed by atoms with Crippen LogP contribution < -0.4 is 0 Å². The molecule has 0 saturated heterocycles. The molecule has 0 radical (unpaired) electrons. The van der Waals surface area contributed by atoms with Crippen molar-refractivity contribution in [1.82, 2.24) is 0 Å². The van der Waals surface area contributed by atoms with Gasteiger partial charge in [0.15, 0.2) is 0 Å². The van der Waals surface area contributed by atoms with E-state index >= 15 is 0 Å². The van der Waals surface area contributed by atoms with E-state index in [1.54, 1.807) is 0 Å². The molecule has 2 bridgehead atoms. The van der Waals surface area contributed by atoms with Crippen LogP contribution in [0.25, 0.3) is 0 Å². The molecule has 2 atom stereocenters. The standard InChI is InChI=1S/C13H22O/c1-11(2,3)13-7-6-9(8-10(13)14)12(13,4)5/h9H,6-8H2,1-5H3/t9-,13+/m0/s1. The van der Waals surface area contributed by atoms with Gasteiger partial charge in [0.2, 0.25) is 0 Å². The van der Waals surface area contributed by atoms with Crippen LogP contribution in [0.15, 0.2) is 0 Å². The molecule has 0 spiro atoms. The first-order chi connectivity index (χ1) is 6.23. The summed E-state index contributed by atoms with van der Waals surface area (Å²) in [6.07, 6.45) is 3.22. The number of ketones is 1.